The highest BCUT2D eigenvalue weighted by Gasteiger charge is 2.13. The first-order chi connectivity index (χ1) is 17.6. The van der Waals surface area contributed by atoms with Crippen LogP contribution < -0.4 is 0 Å². The Morgan fingerprint density at radius 3 is 0.861 bits per heavy atom. The van der Waals surface area contributed by atoms with Crippen LogP contribution in [-0.4, -0.2) is 45.8 Å². The third-order valence-electron chi connectivity index (χ3n) is 7.62. The molecule has 0 spiro atoms. The lowest BCUT2D eigenvalue weighted by atomic mass is 10.0. The second kappa shape index (κ2) is 29.4. The fourth-order valence-electron chi connectivity index (χ4n) is 5.19. The third-order valence-corrected chi connectivity index (χ3v) is 7.62. The Morgan fingerprint density at radius 1 is 0.389 bits per heavy atom. The first kappa shape index (κ1) is 35.8. The van der Waals surface area contributed by atoms with Gasteiger partial charge >= 0.3 is 0 Å². The summed E-state index contributed by atoms with van der Waals surface area (Å²) in [6.45, 7) is 5.02. The van der Waals surface area contributed by atoms with Crippen molar-refractivity contribution in [2.75, 3.05) is 13.1 Å². The summed E-state index contributed by atoms with van der Waals surface area (Å²) in [4.78, 5) is 0. The van der Waals surface area contributed by atoms with Gasteiger partial charge in [0.25, 0.3) is 0 Å². The van der Waals surface area contributed by atoms with Gasteiger partial charge in [0.05, 0.1) is 12.2 Å². The van der Waals surface area contributed by atoms with Crippen LogP contribution in [-0.2, 0) is 0 Å². The van der Waals surface area contributed by atoms with Crippen molar-refractivity contribution in [1.82, 2.24) is 5.06 Å². The number of hydrogen-bond acceptors (Lipinski definition) is 4. The largest absolute Gasteiger partial charge is 0.392 e. The van der Waals surface area contributed by atoms with Gasteiger partial charge in [0.1, 0.15) is 0 Å². The zero-order valence-electron chi connectivity index (χ0n) is 24.7. The monoisotopic (exact) mass is 514 g/mol. The molecule has 4 nitrogen and oxygen atoms in total. The van der Waals surface area contributed by atoms with Gasteiger partial charge in [0.2, 0.25) is 0 Å². The highest BCUT2D eigenvalue weighted by atomic mass is 16.5. The molecule has 0 heterocycles. The van der Waals surface area contributed by atoms with Crippen molar-refractivity contribution in [2.24, 2.45) is 0 Å². The van der Waals surface area contributed by atoms with E-state index in [0.29, 0.717) is 0 Å². The molecule has 0 aliphatic carbocycles. The molecule has 4 heteroatoms. The first-order valence-corrected chi connectivity index (χ1v) is 16.4. The van der Waals surface area contributed by atoms with E-state index in [-0.39, 0.29) is 13.1 Å². The van der Waals surface area contributed by atoms with E-state index in [0.717, 1.165) is 30.7 Å². The fraction of sp³-hybridized carbons (Fsp3) is 1.00. The highest BCUT2D eigenvalue weighted by molar-refractivity contribution is 4.64. The minimum atomic E-state index is -0.503. The molecule has 0 rings (SSSR count). The molecule has 0 aromatic heterocycles. The van der Waals surface area contributed by atoms with Crippen LogP contribution in [0.15, 0.2) is 0 Å². The molecule has 0 saturated carbocycles. The summed E-state index contributed by atoms with van der Waals surface area (Å²) >= 11 is 0. The van der Waals surface area contributed by atoms with Crippen molar-refractivity contribution in [1.29, 1.82) is 0 Å². The first-order valence-electron chi connectivity index (χ1n) is 16.4. The molecule has 0 saturated heterocycles. The number of unbranched alkanes of at least 4 members (excludes halogenated alkanes) is 22. The Balaban J connectivity index is 3.41. The molecule has 0 amide bonds. The highest BCUT2D eigenvalue weighted by Crippen LogP contribution is 2.15. The Kier molecular flexibility index (Phi) is 29.3. The van der Waals surface area contributed by atoms with Crippen molar-refractivity contribution in [3.05, 3.63) is 0 Å². The van der Waals surface area contributed by atoms with E-state index in [4.69, 9.17) is 0 Å². The van der Waals surface area contributed by atoms with Crippen molar-refractivity contribution in [3.8, 4) is 0 Å². The van der Waals surface area contributed by atoms with Gasteiger partial charge in [-0.1, -0.05) is 168 Å². The van der Waals surface area contributed by atoms with Crippen molar-refractivity contribution >= 4 is 0 Å². The molecule has 2 atom stereocenters. The van der Waals surface area contributed by atoms with Crippen LogP contribution >= 0.6 is 0 Å². The smallest absolute Gasteiger partial charge is 0.0690 e. The van der Waals surface area contributed by atoms with Crippen LogP contribution in [0.3, 0.4) is 0 Å². The molecular formula is C32H67NO3. The molecule has 3 N–H and O–H groups in total. The summed E-state index contributed by atoms with van der Waals surface area (Å²) in [6, 6.07) is 0. The quantitative estimate of drug-likeness (QED) is 0.0660. The molecule has 2 unspecified atom stereocenters. The average Bonchev–Trinajstić information content (AvgIpc) is 2.85. The number of aliphatic hydroxyl groups excluding tert-OH is 2. The van der Waals surface area contributed by atoms with Crippen LogP contribution in [0.5, 0.6) is 0 Å². The van der Waals surface area contributed by atoms with Gasteiger partial charge in [-0.25, -0.2) is 0 Å². The molecule has 0 bridgehead atoms. The van der Waals surface area contributed by atoms with Crippen molar-refractivity contribution in [2.45, 2.75) is 193 Å². The van der Waals surface area contributed by atoms with E-state index in [1.807, 2.05) is 0 Å². The summed E-state index contributed by atoms with van der Waals surface area (Å²) in [6.07, 6.45) is 32.0. The lowest BCUT2D eigenvalue weighted by Crippen LogP contribution is -2.35. The SMILES string of the molecule is CCCCCCCCCCCCCCC(O)CN(O)CC(O)CCCCCCCCCCCCCC. The van der Waals surface area contributed by atoms with Gasteiger partial charge in [-0.3, -0.25) is 0 Å². The van der Waals surface area contributed by atoms with Crippen LogP contribution in [0, 0.1) is 0 Å². The Bertz CT molecular complexity index is 371. The van der Waals surface area contributed by atoms with Gasteiger partial charge in [-0.2, -0.15) is 5.06 Å². The number of nitrogens with zero attached hydrogens (tertiary/aromatic N) is 1. The molecular weight excluding hydrogens is 446 g/mol. The number of rotatable bonds is 30. The van der Waals surface area contributed by atoms with Gasteiger partial charge in [0.15, 0.2) is 0 Å². The van der Waals surface area contributed by atoms with E-state index in [1.54, 1.807) is 0 Å². The predicted molar refractivity (Wildman–Crippen MR) is 157 cm³/mol. The summed E-state index contributed by atoms with van der Waals surface area (Å²) in [5.74, 6) is 0. The Labute approximate surface area is 226 Å². The number of aliphatic hydroxyl groups is 2. The number of hydroxylamine groups is 2. The fourth-order valence-corrected chi connectivity index (χ4v) is 5.19. The molecule has 0 fully saturated rings. The van der Waals surface area contributed by atoms with Crippen LogP contribution in [0.1, 0.15) is 181 Å². The standard InChI is InChI=1S/C32H67NO3/c1-3-5-7-9-11-13-15-17-19-21-23-25-27-31(34)29-33(36)30-32(35)28-26-24-22-20-18-16-14-12-10-8-6-4-2/h31-32,34-36H,3-30H2,1-2H3. The lowest BCUT2D eigenvalue weighted by molar-refractivity contribution is -0.133. The van der Waals surface area contributed by atoms with Gasteiger partial charge in [-0.05, 0) is 12.8 Å². The van der Waals surface area contributed by atoms with Gasteiger partial charge < -0.3 is 15.4 Å². The lowest BCUT2D eigenvalue weighted by Gasteiger charge is -2.21. The maximum atomic E-state index is 10.2. The molecule has 0 aromatic carbocycles. The summed E-state index contributed by atoms with van der Waals surface area (Å²) in [5, 5.41) is 31.6. The zero-order chi connectivity index (χ0) is 26.5. The Morgan fingerprint density at radius 2 is 0.611 bits per heavy atom. The zero-order valence-corrected chi connectivity index (χ0v) is 24.7. The predicted octanol–water partition coefficient (Wildman–Crippen LogP) is 9.58. The maximum Gasteiger partial charge on any atom is 0.0690 e. The third kappa shape index (κ3) is 28.4. The molecule has 218 valence electrons. The van der Waals surface area contributed by atoms with Gasteiger partial charge in [0, 0.05) is 13.1 Å². The maximum absolute atomic E-state index is 10.2. The van der Waals surface area contributed by atoms with Crippen molar-refractivity contribution < 1.29 is 15.4 Å². The van der Waals surface area contributed by atoms with Crippen LogP contribution in [0.4, 0.5) is 0 Å². The minimum Gasteiger partial charge on any atom is -0.392 e. The number of hydrogen-bond donors (Lipinski definition) is 3. The van der Waals surface area contributed by atoms with Crippen LogP contribution in [0.25, 0.3) is 0 Å². The molecule has 0 aliphatic rings. The van der Waals surface area contributed by atoms with E-state index in [2.05, 4.69) is 13.8 Å². The van der Waals surface area contributed by atoms with E-state index in [9.17, 15) is 15.4 Å². The second-order valence-electron chi connectivity index (χ2n) is 11.5. The summed E-state index contributed by atoms with van der Waals surface area (Å²) in [5.41, 5.74) is 0. The van der Waals surface area contributed by atoms with E-state index < -0.39 is 12.2 Å². The van der Waals surface area contributed by atoms with Crippen molar-refractivity contribution in [3.63, 3.8) is 0 Å². The summed E-state index contributed by atoms with van der Waals surface area (Å²) < 4.78 is 0. The topological polar surface area (TPSA) is 63.9 Å². The van der Waals surface area contributed by atoms with Crippen LogP contribution in [0.2, 0.25) is 0 Å². The summed E-state index contributed by atoms with van der Waals surface area (Å²) in [7, 11) is 0. The minimum absolute atomic E-state index is 0.244. The molecule has 0 aromatic rings. The van der Waals surface area contributed by atoms with E-state index in [1.165, 1.54) is 141 Å². The molecule has 0 radical (unpaired) electrons. The average molecular weight is 514 g/mol. The molecule has 0 aliphatic heterocycles. The Hall–Kier alpha value is -0.160. The second-order valence-corrected chi connectivity index (χ2v) is 11.5. The molecule has 36 heavy (non-hydrogen) atoms. The van der Waals surface area contributed by atoms with Gasteiger partial charge in [-0.15, -0.1) is 0 Å². The van der Waals surface area contributed by atoms with E-state index >= 15 is 0 Å². The normalized spacial score (nSPS) is 13.5.